The van der Waals surface area contributed by atoms with Crippen molar-refractivity contribution in [1.29, 1.82) is 0 Å². The number of fused-ring (bicyclic) bond motifs is 2. The van der Waals surface area contributed by atoms with Crippen molar-refractivity contribution in [3.63, 3.8) is 0 Å². The molecule has 3 nitrogen and oxygen atoms in total. The first-order valence-corrected chi connectivity index (χ1v) is 9.78. The third kappa shape index (κ3) is 3.05. The number of para-hydroxylation sites is 1. The van der Waals surface area contributed by atoms with E-state index in [1.54, 1.807) is 0 Å². The van der Waals surface area contributed by atoms with Gasteiger partial charge in [0.05, 0.1) is 12.2 Å². The lowest BCUT2D eigenvalue weighted by atomic mass is 10.0. The smallest absolute Gasteiger partial charge is 0.259 e. The SMILES string of the molecule is Cc1ccc(Cn2c(-c3cc4ccccc4o3)cc3ccccc3c2=O)c(C)c1. The van der Waals surface area contributed by atoms with Crippen molar-refractivity contribution in [1.82, 2.24) is 4.57 Å². The van der Waals surface area contributed by atoms with E-state index in [0.717, 1.165) is 33.0 Å². The molecule has 142 valence electrons. The lowest BCUT2D eigenvalue weighted by molar-refractivity contribution is 0.617. The Labute approximate surface area is 168 Å². The first-order chi connectivity index (χ1) is 14.1. The number of aryl methyl sites for hydroxylation is 2. The van der Waals surface area contributed by atoms with Crippen molar-refractivity contribution in [2.24, 2.45) is 0 Å². The second-order valence-electron chi connectivity index (χ2n) is 7.59. The van der Waals surface area contributed by atoms with Gasteiger partial charge in [-0.05, 0) is 54.6 Å². The molecule has 0 spiro atoms. The maximum Gasteiger partial charge on any atom is 0.259 e. The monoisotopic (exact) mass is 379 g/mol. The number of benzene rings is 3. The summed E-state index contributed by atoms with van der Waals surface area (Å²) in [4.78, 5) is 13.4. The van der Waals surface area contributed by atoms with E-state index in [9.17, 15) is 4.79 Å². The van der Waals surface area contributed by atoms with Crippen molar-refractivity contribution in [3.8, 4) is 11.5 Å². The second kappa shape index (κ2) is 6.78. The quantitative estimate of drug-likeness (QED) is 0.381. The van der Waals surface area contributed by atoms with Crippen molar-refractivity contribution >= 4 is 21.7 Å². The standard InChI is InChI=1S/C26H21NO2/c1-17-11-12-21(18(2)13-17)16-27-23(14-19-7-3-5-9-22(19)26(27)28)25-15-20-8-4-6-10-24(20)29-25/h3-15H,16H2,1-2H3. The molecule has 0 atom stereocenters. The van der Waals surface area contributed by atoms with E-state index in [-0.39, 0.29) is 5.56 Å². The number of hydrogen-bond acceptors (Lipinski definition) is 2. The molecule has 29 heavy (non-hydrogen) atoms. The van der Waals surface area contributed by atoms with E-state index in [0.29, 0.717) is 12.3 Å². The summed E-state index contributed by atoms with van der Waals surface area (Å²) in [6.45, 7) is 4.68. The molecule has 0 N–H and O–H groups in total. The van der Waals surface area contributed by atoms with Crippen LogP contribution in [0.5, 0.6) is 0 Å². The van der Waals surface area contributed by atoms with E-state index in [1.807, 2.05) is 59.2 Å². The maximum absolute atomic E-state index is 13.4. The van der Waals surface area contributed by atoms with E-state index < -0.39 is 0 Å². The van der Waals surface area contributed by atoms with Crippen LogP contribution in [0.1, 0.15) is 16.7 Å². The summed E-state index contributed by atoms with van der Waals surface area (Å²) in [6.07, 6.45) is 0. The normalized spacial score (nSPS) is 11.4. The highest BCUT2D eigenvalue weighted by molar-refractivity contribution is 5.87. The van der Waals surface area contributed by atoms with Crippen LogP contribution in [0.3, 0.4) is 0 Å². The molecular weight excluding hydrogens is 358 g/mol. The molecule has 5 rings (SSSR count). The van der Waals surface area contributed by atoms with Crippen LogP contribution in [-0.4, -0.2) is 4.57 Å². The Morgan fingerprint density at radius 1 is 0.828 bits per heavy atom. The highest BCUT2D eigenvalue weighted by Crippen LogP contribution is 2.29. The minimum atomic E-state index is -0.00136. The topological polar surface area (TPSA) is 35.1 Å². The summed E-state index contributed by atoms with van der Waals surface area (Å²) in [5.41, 5.74) is 5.14. The fraction of sp³-hybridized carbons (Fsp3) is 0.115. The lowest BCUT2D eigenvalue weighted by Gasteiger charge is -2.15. The van der Waals surface area contributed by atoms with Gasteiger partial charge in [-0.25, -0.2) is 0 Å². The van der Waals surface area contributed by atoms with Gasteiger partial charge in [-0.3, -0.25) is 4.79 Å². The molecule has 0 unspecified atom stereocenters. The van der Waals surface area contributed by atoms with Crippen LogP contribution < -0.4 is 5.56 Å². The summed E-state index contributed by atoms with van der Waals surface area (Å²) in [7, 11) is 0. The summed E-state index contributed by atoms with van der Waals surface area (Å²) in [5.74, 6) is 0.707. The zero-order valence-electron chi connectivity index (χ0n) is 16.5. The number of hydrogen-bond donors (Lipinski definition) is 0. The van der Waals surface area contributed by atoms with Crippen LogP contribution >= 0.6 is 0 Å². The van der Waals surface area contributed by atoms with Gasteiger partial charge in [0.2, 0.25) is 0 Å². The van der Waals surface area contributed by atoms with Crippen molar-refractivity contribution < 1.29 is 4.42 Å². The largest absolute Gasteiger partial charge is 0.455 e. The minimum absolute atomic E-state index is 0.00136. The molecule has 2 aromatic heterocycles. The first-order valence-electron chi connectivity index (χ1n) is 9.78. The van der Waals surface area contributed by atoms with E-state index >= 15 is 0 Å². The van der Waals surface area contributed by atoms with Crippen molar-refractivity contribution in [2.75, 3.05) is 0 Å². The minimum Gasteiger partial charge on any atom is -0.455 e. The zero-order chi connectivity index (χ0) is 20.0. The Morgan fingerprint density at radius 2 is 1.59 bits per heavy atom. The summed E-state index contributed by atoms with van der Waals surface area (Å²) in [5, 5.41) is 2.67. The average molecular weight is 379 g/mol. The molecule has 5 aromatic rings. The van der Waals surface area contributed by atoms with Gasteiger partial charge >= 0.3 is 0 Å². The first kappa shape index (κ1) is 17.5. The molecule has 0 saturated carbocycles. The third-order valence-corrected chi connectivity index (χ3v) is 5.52. The Balaban J connectivity index is 1.77. The van der Waals surface area contributed by atoms with Crippen LogP contribution in [0.15, 0.2) is 88.1 Å². The van der Waals surface area contributed by atoms with Gasteiger partial charge in [0, 0.05) is 10.8 Å². The molecule has 3 heteroatoms. The predicted molar refractivity (Wildman–Crippen MR) is 118 cm³/mol. The van der Waals surface area contributed by atoms with Gasteiger partial charge in [-0.1, -0.05) is 60.2 Å². The van der Waals surface area contributed by atoms with Crippen LogP contribution in [0.2, 0.25) is 0 Å². The molecule has 0 amide bonds. The summed E-state index contributed by atoms with van der Waals surface area (Å²) >= 11 is 0. The molecule has 0 bridgehead atoms. The molecule has 3 aromatic carbocycles. The Hall–Kier alpha value is -3.59. The van der Waals surface area contributed by atoms with Crippen LogP contribution in [0, 0.1) is 13.8 Å². The maximum atomic E-state index is 13.4. The van der Waals surface area contributed by atoms with Gasteiger partial charge in [0.15, 0.2) is 5.76 Å². The van der Waals surface area contributed by atoms with E-state index in [2.05, 4.69) is 38.1 Å². The number of pyridine rings is 1. The molecule has 0 radical (unpaired) electrons. The molecular formula is C26H21NO2. The van der Waals surface area contributed by atoms with Gasteiger partial charge in [-0.2, -0.15) is 0 Å². The van der Waals surface area contributed by atoms with Crippen LogP contribution in [0.4, 0.5) is 0 Å². The highest BCUT2D eigenvalue weighted by Gasteiger charge is 2.15. The molecule has 0 aliphatic heterocycles. The molecule has 0 aliphatic rings. The fourth-order valence-corrected chi connectivity index (χ4v) is 3.96. The third-order valence-electron chi connectivity index (χ3n) is 5.52. The number of furan rings is 1. The number of nitrogens with zero attached hydrogens (tertiary/aromatic N) is 1. The molecule has 2 heterocycles. The molecule has 0 saturated heterocycles. The van der Waals surface area contributed by atoms with Crippen molar-refractivity contribution in [2.45, 2.75) is 20.4 Å². The van der Waals surface area contributed by atoms with E-state index in [4.69, 9.17) is 4.42 Å². The van der Waals surface area contributed by atoms with Crippen LogP contribution in [0.25, 0.3) is 33.2 Å². The van der Waals surface area contributed by atoms with Gasteiger partial charge in [0.25, 0.3) is 5.56 Å². The zero-order valence-corrected chi connectivity index (χ0v) is 16.5. The Morgan fingerprint density at radius 3 is 2.38 bits per heavy atom. The Kier molecular flexibility index (Phi) is 4.09. The van der Waals surface area contributed by atoms with Gasteiger partial charge in [-0.15, -0.1) is 0 Å². The summed E-state index contributed by atoms with van der Waals surface area (Å²) < 4.78 is 7.96. The highest BCUT2D eigenvalue weighted by atomic mass is 16.3. The molecule has 0 aliphatic carbocycles. The predicted octanol–water partition coefficient (Wildman–Crippen LogP) is 6.08. The Bertz CT molecular complexity index is 1390. The van der Waals surface area contributed by atoms with Crippen LogP contribution in [-0.2, 0) is 6.54 Å². The van der Waals surface area contributed by atoms with Gasteiger partial charge in [0.1, 0.15) is 5.58 Å². The second-order valence-corrected chi connectivity index (χ2v) is 7.59. The van der Waals surface area contributed by atoms with Gasteiger partial charge < -0.3 is 8.98 Å². The number of rotatable bonds is 3. The van der Waals surface area contributed by atoms with E-state index in [1.165, 1.54) is 11.1 Å². The van der Waals surface area contributed by atoms with Crippen molar-refractivity contribution in [3.05, 3.63) is 106 Å². The fourth-order valence-electron chi connectivity index (χ4n) is 3.96. The number of aromatic nitrogens is 1. The lowest BCUT2D eigenvalue weighted by Crippen LogP contribution is -2.23. The average Bonchev–Trinajstić information content (AvgIpc) is 3.15. The molecule has 0 fully saturated rings. The summed E-state index contributed by atoms with van der Waals surface area (Å²) in [6, 6.07) is 26.1.